The maximum atomic E-state index is 2.28. The van der Waals surface area contributed by atoms with Gasteiger partial charge in [0.1, 0.15) is 0 Å². The Morgan fingerprint density at radius 3 is 1.46 bits per heavy atom. The number of hydrogen-bond donors (Lipinski definition) is 0. The summed E-state index contributed by atoms with van der Waals surface area (Å²) in [6.45, 7) is 0. The van der Waals surface area contributed by atoms with Crippen LogP contribution in [0.4, 0.5) is 0 Å². The van der Waals surface area contributed by atoms with E-state index in [1.807, 2.05) is 0 Å². The molecule has 3 aromatic carbocycles. The molecule has 4 rings (SSSR count). The SMILES string of the molecule is c1ccc(C2CC(c3ccccc3)S[S](c3ccccc3)S2)cc1. The van der Waals surface area contributed by atoms with Gasteiger partial charge in [0.2, 0.25) is 0 Å². The van der Waals surface area contributed by atoms with Crippen molar-refractivity contribution in [3.05, 3.63) is 102 Å². The smallest absolute Gasteiger partial charge is 0.0418 e. The van der Waals surface area contributed by atoms with Gasteiger partial charge in [-0.25, -0.2) is 0 Å². The van der Waals surface area contributed by atoms with Gasteiger partial charge in [0, 0.05) is 15.4 Å². The van der Waals surface area contributed by atoms with Crippen LogP contribution in [0.5, 0.6) is 0 Å². The molecule has 1 radical (unpaired) electrons. The maximum Gasteiger partial charge on any atom is 0.0418 e. The van der Waals surface area contributed by atoms with Gasteiger partial charge in [-0.1, -0.05) is 109 Å². The summed E-state index contributed by atoms with van der Waals surface area (Å²) >= 11 is 0. The largest absolute Gasteiger partial charge is 0.0809 e. The molecule has 0 nitrogen and oxygen atoms in total. The zero-order chi connectivity index (χ0) is 16.2. The normalized spacial score (nSPS) is 21.5. The van der Waals surface area contributed by atoms with Crippen LogP contribution >= 0.6 is 30.5 Å². The standard InChI is InChI=1S/C21H19S3/c1-4-10-17(11-5-1)20-16-21(18-12-6-2-7-13-18)23-24(22-20)19-14-8-3-9-15-19/h1-15,20-21H,16H2. The predicted octanol–water partition coefficient (Wildman–Crippen LogP) is 7.50. The molecule has 3 aromatic rings. The van der Waals surface area contributed by atoms with Crippen LogP contribution < -0.4 is 0 Å². The van der Waals surface area contributed by atoms with E-state index in [2.05, 4.69) is 113 Å². The van der Waals surface area contributed by atoms with Crippen molar-refractivity contribution in [1.82, 2.24) is 0 Å². The summed E-state index contributed by atoms with van der Waals surface area (Å²) in [4.78, 5) is 1.45. The molecule has 0 amide bonds. The molecule has 121 valence electrons. The molecule has 24 heavy (non-hydrogen) atoms. The fourth-order valence-electron chi connectivity index (χ4n) is 2.87. The Kier molecular flexibility index (Phi) is 5.21. The molecule has 0 bridgehead atoms. The Morgan fingerprint density at radius 2 is 1.00 bits per heavy atom. The second-order valence-electron chi connectivity index (χ2n) is 5.77. The van der Waals surface area contributed by atoms with E-state index in [0.717, 1.165) is 0 Å². The molecule has 1 heterocycles. The lowest BCUT2D eigenvalue weighted by molar-refractivity contribution is 0.790. The summed E-state index contributed by atoms with van der Waals surface area (Å²) in [5.74, 6) is 0. The Balaban J connectivity index is 1.66. The molecule has 0 aliphatic carbocycles. The summed E-state index contributed by atoms with van der Waals surface area (Å²) in [5, 5.41) is 1.11. The third-order valence-corrected chi connectivity index (χ3v) is 11.5. The van der Waals surface area contributed by atoms with Gasteiger partial charge in [0.25, 0.3) is 0 Å². The Morgan fingerprint density at radius 1 is 0.583 bits per heavy atom. The van der Waals surface area contributed by atoms with E-state index in [9.17, 15) is 0 Å². The average molecular weight is 368 g/mol. The van der Waals surface area contributed by atoms with Crippen molar-refractivity contribution < 1.29 is 0 Å². The lowest BCUT2D eigenvalue weighted by Crippen LogP contribution is -2.06. The fourth-order valence-corrected chi connectivity index (χ4v) is 11.1. The van der Waals surface area contributed by atoms with Crippen molar-refractivity contribution in [2.75, 3.05) is 0 Å². The second kappa shape index (κ2) is 7.73. The first kappa shape index (κ1) is 16.2. The predicted molar refractivity (Wildman–Crippen MR) is 110 cm³/mol. The quantitative estimate of drug-likeness (QED) is 0.440. The van der Waals surface area contributed by atoms with Crippen LogP contribution in [-0.2, 0) is 0 Å². The third kappa shape index (κ3) is 3.69. The molecule has 0 aromatic heterocycles. The van der Waals surface area contributed by atoms with Gasteiger partial charge in [-0.15, -0.1) is 0 Å². The van der Waals surface area contributed by atoms with Crippen LogP contribution in [0.1, 0.15) is 28.0 Å². The minimum atomic E-state index is 0.164. The summed E-state index contributed by atoms with van der Waals surface area (Å²) in [7, 11) is 4.42. The lowest BCUT2D eigenvalue weighted by atomic mass is 10.0. The van der Waals surface area contributed by atoms with Crippen LogP contribution in [0.2, 0.25) is 0 Å². The lowest BCUT2D eigenvalue weighted by Gasteiger charge is -2.35. The fraction of sp³-hybridized carbons (Fsp3) is 0.143. The highest BCUT2D eigenvalue weighted by Gasteiger charge is 2.32. The maximum absolute atomic E-state index is 2.28. The van der Waals surface area contributed by atoms with Crippen LogP contribution in [0.15, 0.2) is 95.9 Å². The van der Waals surface area contributed by atoms with Crippen molar-refractivity contribution in [2.24, 2.45) is 0 Å². The van der Waals surface area contributed by atoms with Gasteiger partial charge >= 0.3 is 0 Å². The van der Waals surface area contributed by atoms with Gasteiger partial charge in [-0.05, 0) is 29.7 Å². The van der Waals surface area contributed by atoms with E-state index in [1.54, 1.807) is 0 Å². The minimum Gasteiger partial charge on any atom is -0.0809 e. The molecular formula is C21H19S3. The molecule has 1 saturated heterocycles. The monoisotopic (exact) mass is 367 g/mol. The molecular weight excluding hydrogens is 348 g/mol. The van der Waals surface area contributed by atoms with Crippen LogP contribution in [-0.4, -0.2) is 0 Å². The highest BCUT2D eigenvalue weighted by molar-refractivity contribution is 9.17. The van der Waals surface area contributed by atoms with Gasteiger partial charge in [-0.3, -0.25) is 0 Å². The number of benzene rings is 3. The molecule has 2 unspecified atom stereocenters. The molecule has 1 aliphatic rings. The first-order valence-corrected chi connectivity index (χ1v) is 12.2. The topological polar surface area (TPSA) is 0 Å². The highest BCUT2D eigenvalue weighted by Crippen LogP contribution is 2.72. The Bertz CT molecular complexity index is 645. The third-order valence-electron chi connectivity index (χ3n) is 4.11. The van der Waals surface area contributed by atoms with E-state index in [1.165, 1.54) is 22.4 Å². The highest BCUT2D eigenvalue weighted by atomic mass is 33.5. The summed E-state index contributed by atoms with van der Waals surface area (Å²) in [5.41, 5.74) is 2.91. The molecule has 0 N–H and O–H groups in total. The van der Waals surface area contributed by atoms with Gasteiger partial charge in [0.15, 0.2) is 0 Å². The van der Waals surface area contributed by atoms with Crippen molar-refractivity contribution in [3.63, 3.8) is 0 Å². The molecule has 0 saturated carbocycles. The van der Waals surface area contributed by atoms with Gasteiger partial charge < -0.3 is 0 Å². The van der Waals surface area contributed by atoms with Crippen LogP contribution in [0.3, 0.4) is 0 Å². The molecule has 0 spiro atoms. The zero-order valence-electron chi connectivity index (χ0n) is 13.2. The van der Waals surface area contributed by atoms with E-state index >= 15 is 0 Å². The summed E-state index contributed by atoms with van der Waals surface area (Å²) in [6.07, 6.45) is 1.19. The van der Waals surface area contributed by atoms with E-state index < -0.39 is 0 Å². The van der Waals surface area contributed by atoms with E-state index in [0.29, 0.717) is 10.5 Å². The van der Waals surface area contributed by atoms with E-state index in [-0.39, 0.29) is 8.96 Å². The van der Waals surface area contributed by atoms with Gasteiger partial charge in [0.05, 0.1) is 0 Å². The van der Waals surface area contributed by atoms with E-state index in [4.69, 9.17) is 0 Å². The van der Waals surface area contributed by atoms with Crippen molar-refractivity contribution >= 4 is 30.5 Å². The molecule has 2 atom stereocenters. The molecule has 1 fully saturated rings. The summed E-state index contributed by atoms with van der Waals surface area (Å²) in [6, 6.07) is 33.0. The second-order valence-corrected chi connectivity index (χ2v) is 12.0. The minimum absolute atomic E-state index is 0.164. The van der Waals surface area contributed by atoms with Crippen molar-refractivity contribution in [3.8, 4) is 0 Å². The van der Waals surface area contributed by atoms with Crippen molar-refractivity contribution in [2.45, 2.75) is 21.8 Å². The Labute approximate surface area is 154 Å². The average Bonchev–Trinajstić information content (AvgIpc) is 2.70. The molecule has 1 aliphatic heterocycles. The first-order chi connectivity index (χ1) is 11.9. The number of hydrogen-bond acceptors (Lipinski definition) is 2. The van der Waals surface area contributed by atoms with Crippen LogP contribution in [0.25, 0.3) is 0 Å². The van der Waals surface area contributed by atoms with Crippen molar-refractivity contribution in [1.29, 1.82) is 0 Å². The van der Waals surface area contributed by atoms with Gasteiger partial charge in [-0.2, -0.15) is 0 Å². The first-order valence-electron chi connectivity index (χ1n) is 8.13. The molecule has 3 heteroatoms. The van der Waals surface area contributed by atoms with Crippen LogP contribution in [0, 0.1) is 0 Å². The summed E-state index contributed by atoms with van der Waals surface area (Å²) < 4.78 is 0. The Hall–Kier alpha value is -1.29. The zero-order valence-corrected chi connectivity index (χ0v) is 15.7. The number of rotatable bonds is 3.